The number of azide groups is 1. The predicted molar refractivity (Wildman–Crippen MR) is 102 cm³/mol. The van der Waals surface area contributed by atoms with Gasteiger partial charge in [0.05, 0.1) is 25.0 Å². The number of methoxy groups -OCH3 is 1. The molecule has 0 spiro atoms. The fraction of sp³-hybridized carbons (Fsp3) is 0.167. The van der Waals surface area contributed by atoms with Gasteiger partial charge < -0.3 is 14.8 Å². The summed E-state index contributed by atoms with van der Waals surface area (Å²) in [4.78, 5) is 18.2. The van der Waals surface area contributed by atoms with Crippen molar-refractivity contribution in [3.05, 3.63) is 70.6 Å². The Kier molecular flexibility index (Phi) is 6.26. The topological polar surface area (TPSA) is 127 Å². The van der Waals surface area contributed by atoms with Gasteiger partial charge in [-0.2, -0.15) is 0 Å². The number of carbonyl (C=O) groups excluding carboxylic acids is 1. The number of hydrogen-bond donors (Lipinski definition) is 1. The van der Waals surface area contributed by atoms with Gasteiger partial charge in [-0.15, -0.1) is 18.3 Å². The van der Waals surface area contributed by atoms with Gasteiger partial charge >= 0.3 is 6.36 Å². The van der Waals surface area contributed by atoms with Crippen LogP contribution in [0.1, 0.15) is 16.2 Å². The molecule has 160 valence electrons. The van der Waals surface area contributed by atoms with Gasteiger partial charge in [-0.1, -0.05) is 0 Å². The van der Waals surface area contributed by atoms with Crippen LogP contribution in [0.2, 0.25) is 0 Å². The lowest BCUT2D eigenvalue weighted by molar-refractivity contribution is -0.274. The molecule has 13 heteroatoms. The van der Waals surface area contributed by atoms with Crippen LogP contribution in [0.4, 0.5) is 18.9 Å². The lowest BCUT2D eigenvalue weighted by Gasteiger charge is -2.11. The molecule has 1 aromatic heterocycles. The van der Waals surface area contributed by atoms with E-state index in [2.05, 4.69) is 30.2 Å². The first-order valence-corrected chi connectivity index (χ1v) is 8.57. The van der Waals surface area contributed by atoms with Gasteiger partial charge in [0.2, 0.25) is 5.91 Å². The molecule has 0 aliphatic heterocycles. The van der Waals surface area contributed by atoms with Crippen LogP contribution in [0, 0.1) is 0 Å². The maximum Gasteiger partial charge on any atom is 0.573 e. The van der Waals surface area contributed by atoms with Crippen LogP contribution in [0.25, 0.3) is 16.1 Å². The van der Waals surface area contributed by atoms with Crippen molar-refractivity contribution in [2.45, 2.75) is 12.9 Å². The Balaban J connectivity index is 1.68. The van der Waals surface area contributed by atoms with Crippen LogP contribution in [0.15, 0.2) is 53.9 Å². The average Bonchev–Trinajstić information content (AvgIpc) is 3.20. The van der Waals surface area contributed by atoms with Crippen molar-refractivity contribution in [1.29, 1.82) is 0 Å². The van der Waals surface area contributed by atoms with E-state index in [1.54, 1.807) is 6.07 Å². The minimum absolute atomic E-state index is 0.167. The number of anilines is 1. The monoisotopic (exact) mass is 433 g/mol. The zero-order chi connectivity index (χ0) is 22.4. The summed E-state index contributed by atoms with van der Waals surface area (Å²) in [5.74, 6) is -0.335. The number of benzene rings is 2. The van der Waals surface area contributed by atoms with Gasteiger partial charge in [-0.05, 0) is 53.1 Å². The zero-order valence-corrected chi connectivity index (χ0v) is 15.9. The molecule has 0 fully saturated rings. The van der Waals surface area contributed by atoms with Crippen molar-refractivity contribution in [2.24, 2.45) is 5.11 Å². The number of ether oxygens (including phenoxy) is 2. The number of aromatic nitrogens is 3. The highest BCUT2D eigenvalue weighted by atomic mass is 19.4. The summed E-state index contributed by atoms with van der Waals surface area (Å²) in [6.45, 7) is 0.197. The molecule has 0 atom stereocenters. The Hall–Kier alpha value is -4.25. The first kappa shape index (κ1) is 21.5. The van der Waals surface area contributed by atoms with Crippen LogP contribution < -0.4 is 14.8 Å². The number of nitrogens with one attached hydrogen (secondary N) is 1. The van der Waals surface area contributed by atoms with Crippen molar-refractivity contribution in [2.75, 3.05) is 12.4 Å². The average molecular weight is 433 g/mol. The summed E-state index contributed by atoms with van der Waals surface area (Å²) in [5, 5.41) is 10.3. The summed E-state index contributed by atoms with van der Waals surface area (Å²) < 4.78 is 47.2. The molecule has 0 saturated heterocycles. The number of alkyl halides is 3. The number of carbonyl (C=O) groups is 1. The minimum Gasteiger partial charge on any atom is -0.495 e. The number of rotatable bonds is 7. The number of nitrogens with zero attached hydrogens (tertiary/aromatic N) is 6. The smallest absolute Gasteiger partial charge is 0.495 e. The molecule has 0 aliphatic carbocycles. The van der Waals surface area contributed by atoms with E-state index < -0.39 is 12.3 Å². The summed E-state index contributed by atoms with van der Waals surface area (Å²) in [6.07, 6.45) is -3.35. The normalized spacial score (nSPS) is 10.8. The number of amides is 1. The molecule has 0 saturated carbocycles. The third-order valence-electron chi connectivity index (χ3n) is 3.90. The molecular weight excluding hydrogens is 419 g/mol. The second kappa shape index (κ2) is 9.05. The van der Waals surface area contributed by atoms with Gasteiger partial charge in [0, 0.05) is 10.5 Å². The lowest BCUT2D eigenvalue weighted by Crippen LogP contribution is -2.17. The van der Waals surface area contributed by atoms with Crippen molar-refractivity contribution < 1.29 is 27.4 Å². The number of hydrogen-bond acceptors (Lipinski definition) is 6. The van der Waals surface area contributed by atoms with E-state index in [9.17, 15) is 18.0 Å². The van der Waals surface area contributed by atoms with Gasteiger partial charge in [-0.3, -0.25) is 4.79 Å². The molecule has 0 bridgehead atoms. The van der Waals surface area contributed by atoms with Crippen molar-refractivity contribution in [1.82, 2.24) is 14.8 Å². The molecule has 1 amide bonds. The Morgan fingerprint density at radius 1 is 1.26 bits per heavy atom. The van der Waals surface area contributed by atoms with E-state index in [0.29, 0.717) is 22.9 Å². The van der Waals surface area contributed by atoms with Crippen LogP contribution in [-0.4, -0.2) is 34.1 Å². The minimum atomic E-state index is -4.76. The Labute approximate surface area is 172 Å². The summed E-state index contributed by atoms with van der Waals surface area (Å²) >= 11 is 0. The fourth-order valence-electron chi connectivity index (χ4n) is 2.55. The van der Waals surface area contributed by atoms with Crippen molar-refractivity contribution >= 4 is 11.6 Å². The second-order valence-corrected chi connectivity index (χ2v) is 5.91. The standard InChI is InChI=1S/C18H14F3N7O3/c1-30-15-8-11(17(29)25-27-22)2-7-14(15)23-9-16-24-10-28(26-16)12-3-5-13(6-4-12)31-18(19,20)21/h2-8,10,23H,9H2,1H3. The maximum absolute atomic E-state index is 12.2. The van der Waals surface area contributed by atoms with E-state index in [0.717, 1.165) is 0 Å². The SMILES string of the molecule is COc1cc(C(=O)N=[N+]=[N-])ccc1NCc1ncn(-c2ccc(OC(F)(F)F)cc2)n1. The molecule has 1 N–H and O–H groups in total. The molecule has 3 aromatic rings. The van der Waals surface area contributed by atoms with E-state index >= 15 is 0 Å². The first-order chi connectivity index (χ1) is 14.8. The van der Waals surface area contributed by atoms with E-state index in [1.165, 1.54) is 54.5 Å². The van der Waals surface area contributed by atoms with Crippen molar-refractivity contribution in [3.8, 4) is 17.2 Å². The van der Waals surface area contributed by atoms with Crippen LogP contribution in [0.3, 0.4) is 0 Å². The lowest BCUT2D eigenvalue weighted by atomic mass is 10.2. The van der Waals surface area contributed by atoms with Crippen molar-refractivity contribution in [3.63, 3.8) is 0 Å². The molecule has 0 radical (unpaired) electrons. The third-order valence-corrected chi connectivity index (χ3v) is 3.90. The molecule has 1 heterocycles. The zero-order valence-electron chi connectivity index (χ0n) is 15.9. The highest BCUT2D eigenvalue weighted by Gasteiger charge is 2.31. The molecule has 0 unspecified atom stereocenters. The number of halogens is 3. The van der Waals surface area contributed by atoms with Crippen LogP contribution >= 0.6 is 0 Å². The Bertz CT molecular complexity index is 1120. The first-order valence-electron chi connectivity index (χ1n) is 8.57. The predicted octanol–water partition coefficient (Wildman–Crippen LogP) is 4.24. The summed E-state index contributed by atoms with van der Waals surface area (Å²) in [7, 11) is 1.42. The van der Waals surface area contributed by atoms with Crippen LogP contribution in [0.5, 0.6) is 11.5 Å². The highest BCUT2D eigenvalue weighted by molar-refractivity contribution is 5.95. The quantitative estimate of drug-likeness (QED) is 0.337. The summed E-state index contributed by atoms with van der Waals surface area (Å²) in [5.41, 5.74) is 9.56. The molecule has 31 heavy (non-hydrogen) atoms. The van der Waals surface area contributed by atoms with Gasteiger partial charge in [-0.25, -0.2) is 9.67 Å². The largest absolute Gasteiger partial charge is 0.573 e. The van der Waals surface area contributed by atoms with Gasteiger partial charge in [0.15, 0.2) is 5.82 Å². The van der Waals surface area contributed by atoms with Gasteiger partial charge in [0.25, 0.3) is 0 Å². The Morgan fingerprint density at radius 2 is 2.00 bits per heavy atom. The van der Waals surface area contributed by atoms with E-state index in [-0.39, 0.29) is 17.9 Å². The molecule has 2 aromatic carbocycles. The van der Waals surface area contributed by atoms with E-state index in [4.69, 9.17) is 10.3 Å². The van der Waals surface area contributed by atoms with Crippen LogP contribution in [-0.2, 0) is 6.54 Å². The molecular formula is C18H14F3N7O3. The molecule has 10 nitrogen and oxygen atoms in total. The second-order valence-electron chi connectivity index (χ2n) is 5.91. The highest BCUT2D eigenvalue weighted by Crippen LogP contribution is 2.27. The summed E-state index contributed by atoms with van der Waals surface area (Å²) in [6, 6.07) is 9.65. The molecule has 0 aliphatic rings. The van der Waals surface area contributed by atoms with E-state index in [1.807, 2.05) is 0 Å². The maximum atomic E-state index is 12.2. The van der Waals surface area contributed by atoms with Gasteiger partial charge in [0.1, 0.15) is 17.8 Å². The Morgan fingerprint density at radius 3 is 2.65 bits per heavy atom. The fourth-order valence-corrected chi connectivity index (χ4v) is 2.55. The third kappa shape index (κ3) is 5.64. The molecule has 3 rings (SSSR count).